The number of thioether (sulfide) groups is 1. The van der Waals surface area contributed by atoms with E-state index >= 15 is 0 Å². The first-order valence-corrected chi connectivity index (χ1v) is 8.87. The molecular weight excluding hydrogens is 266 g/mol. The first-order chi connectivity index (χ1) is 9.76. The van der Waals surface area contributed by atoms with Gasteiger partial charge in [-0.25, -0.2) is 0 Å². The molecule has 0 amide bonds. The average Bonchev–Trinajstić information content (AvgIpc) is 2.50. The first kappa shape index (κ1) is 15.7. The summed E-state index contributed by atoms with van der Waals surface area (Å²) in [4.78, 5) is 0. The van der Waals surface area contributed by atoms with Crippen molar-refractivity contribution in [2.75, 3.05) is 18.9 Å². The number of para-hydroxylation sites is 1. The van der Waals surface area contributed by atoms with Gasteiger partial charge in [0.1, 0.15) is 12.4 Å². The largest absolute Gasteiger partial charge is 0.492 e. The molecule has 3 unspecified atom stereocenters. The summed E-state index contributed by atoms with van der Waals surface area (Å²) in [5.41, 5.74) is 1.33. The highest BCUT2D eigenvalue weighted by Gasteiger charge is 2.30. The van der Waals surface area contributed by atoms with E-state index < -0.39 is 0 Å². The Labute approximate surface area is 127 Å². The maximum atomic E-state index is 5.95. The van der Waals surface area contributed by atoms with Crippen LogP contribution in [0.5, 0.6) is 5.75 Å². The third-order valence-corrected chi connectivity index (χ3v) is 5.53. The van der Waals surface area contributed by atoms with Gasteiger partial charge in [0.25, 0.3) is 0 Å². The molecule has 1 N–H and O–H groups in total. The number of hydrogen-bond donors (Lipinski definition) is 1. The van der Waals surface area contributed by atoms with E-state index in [1.54, 1.807) is 0 Å². The minimum absolute atomic E-state index is 0.425. The molecule has 20 heavy (non-hydrogen) atoms. The topological polar surface area (TPSA) is 21.3 Å². The van der Waals surface area contributed by atoms with E-state index in [1.165, 1.54) is 24.2 Å². The van der Waals surface area contributed by atoms with Crippen molar-refractivity contribution in [3.8, 4) is 5.75 Å². The van der Waals surface area contributed by atoms with Gasteiger partial charge in [-0.2, -0.15) is 11.8 Å². The lowest BCUT2D eigenvalue weighted by atomic mass is 10.00. The summed E-state index contributed by atoms with van der Waals surface area (Å²) < 4.78 is 5.95. The van der Waals surface area contributed by atoms with Crippen molar-refractivity contribution in [2.24, 2.45) is 5.92 Å². The van der Waals surface area contributed by atoms with Crippen molar-refractivity contribution in [3.63, 3.8) is 0 Å². The molecule has 2 rings (SSSR count). The van der Waals surface area contributed by atoms with Crippen molar-refractivity contribution >= 4 is 11.8 Å². The van der Waals surface area contributed by atoms with Crippen LogP contribution in [0.1, 0.15) is 45.2 Å². The molecule has 2 nitrogen and oxygen atoms in total. The van der Waals surface area contributed by atoms with Crippen LogP contribution in [-0.2, 0) is 0 Å². The van der Waals surface area contributed by atoms with E-state index in [2.05, 4.69) is 62.1 Å². The Morgan fingerprint density at radius 1 is 1.35 bits per heavy atom. The molecule has 0 aromatic heterocycles. The lowest BCUT2D eigenvalue weighted by molar-refractivity contribution is 0.260. The molecule has 0 bridgehead atoms. The fourth-order valence-corrected chi connectivity index (χ4v) is 3.84. The summed E-state index contributed by atoms with van der Waals surface area (Å²) in [6, 6.07) is 8.89. The van der Waals surface area contributed by atoms with E-state index in [-0.39, 0.29) is 0 Å². The second kappa shape index (κ2) is 7.94. The lowest BCUT2D eigenvalue weighted by Crippen LogP contribution is -2.38. The standard InChI is InChI=1S/C17H27NOS/c1-4-10-18-17-14-8-6-7-9-15(14)19-11-16(17)20-12-13(3)5-2/h6-9,13,16-18H,4-5,10-12H2,1-3H3. The molecular formula is C17H27NOS. The third-order valence-electron chi connectivity index (χ3n) is 3.93. The Morgan fingerprint density at radius 3 is 2.90 bits per heavy atom. The highest BCUT2D eigenvalue weighted by molar-refractivity contribution is 8.00. The predicted molar refractivity (Wildman–Crippen MR) is 88.7 cm³/mol. The molecule has 1 heterocycles. The van der Waals surface area contributed by atoms with Crippen molar-refractivity contribution in [1.29, 1.82) is 0 Å². The summed E-state index contributed by atoms with van der Waals surface area (Å²) in [5.74, 6) is 3.06. The van der Waals surface area contributed by atoms with Gasteiger partial charge in [0.05, 0.1) is 11.3 Å². The van der Waals surface area contributed by atoms with E-state index in [0.717, 1.165) is 24.8 Å². The highest BCUT2D eigenvalue weighted by atomic mass is 32.2. The number of fused-ring (bicyclic) bond motifs is 1. The molecule has 0 saturated carbocycles. The van der Waals surface area contributed by atoms with Crippen LogP contribution in [0.15, 0.2) is 24.3 Å². The monoisotopic (exact) mass is 293 g/mol. The van der Waals surface area contributed by atoms with Gasteiger partial charge in [0.15, 0.2) is 0 Å². The molecule has 1 aromatic carbocycles. The molecule has 3 atom stereocenters. The Hall–Kier alpha value is -0.670. The predicted octanol–water partition coefficient (Wildman–Crippen LogP) is 4.27. The second-order valence-electron chi connectivity index (χ2n) is 5.67. The maximum Gasteiger partial charge on any atom is 0.124 e. The molecule has 0 radical (unpaired) electrons. The summed E-state index contributed by atoms with van der Waals surface area (Å²) in [6.45, 7) is 8.71. The van der Waals surface area contributed by atoms with Gasteiger partial charge < -0.3 is 10.1 Å². The number of rotatable bonds is 7. The summed E-state index contributed by atoms with van der Waals surface area (Å²) in [5, 5.41) is 4.24. The molecule has 1 aliphatic rings. The van der Waals surface area contributed by atoms with E-state index in [0.29, 0.717) is 11.3 Å². The molecule has 1 aliphatic heterocycles. The van der Waals surface area contributed by atoms with E-state index in [1.807, 2.05) is 0 Å². The van der Waals surface area contributed by atoms with Crippen LogP contribution in [0, 0.1) is 5.92 Å². The Bertz CT molecular complexity index is 410. The molecule has 0 fully saturated rings. The Kier molecular flexibility index (Phi) is 6.24. The minimum Gasteiger partial charge on any atom is -0.492 e. The van der Waals surface area contributed by atoms with Gasteiger partial charge in [-0.15, -0.1) is 0 Å². The summed E-state index contributed by atoms with van der Waals surface area (Å²) >= 11 is 2.06. The molecule has 1 aromatic rings. The summed E-state index contributed by atoms with van der Waals surface area (Å²) in [6.07, 6.45) is 2.42. The van der Waals surface area contributed by atoms with Gasteiger partial charge in [-0.1, -0.05) is 45.4 Å². The van der Waals surface area contributed by atoms with Crippen LogP contribution in [0.4, 0.5) is 0 Å². The van der Waals surface area contributed by atoms with Crippen LogP contribution in [0.2, 0.25) is 0 Å². The first-order valence-electron chi connectivity index (χ1n) is 7.83. The summed E-state index contributed by atoms with van der Waals surface area (Å²) in [7, 11) is 0. The van der Waals surface area contributed by atoms with Crippen molar-refractivity contribution in [1.82, 2.24) is 5.32 Å². The Balaban J connectivity index is 2.07. The zero-order valence-corrected chi connectivity index (χ0v) is 13.7. The van der Waals surface area contributed by atoms with Crippen molar-refractivity contribution in [2.45, 2.75) is 44.9 Å². The molecule has 112 valence electrons. The smallest absolute Gasteiger partial charge is 0.124 e. The van der Waals surface area contributed by atoms with Crippen LogP contribution >= 0.6 is 11.8 Å². The molecule has 0 aliphatic carbocycles. The molecule has 0 saturated heterocycles. The van der Waals surface area contributed by atoms with E-state index in [9.17, 15) is 0 Å². The maximum absolute atomic E-state index is 5.95. The normalized spacial score (nSPS) is 22.9. The minimum atomic E-state index is 0.425. The second-order valence-corrected chi connectivity index (χ2v) is 6.94. The average molecular weight is 293 g/mol. The van der Waals surface area contributed by atoms with Crippen LogP contribution < -0.4 is 10.1 Å². The number of benzene rings is 1. The fraction of sp³-hybridized carbons (Fsp3) is 0.647. The van der Waals surface area contributed by atoms with E-state index in [4.69, 9.17) is 4.74 Å². The molecule has 0 spiro atoms. The lowest BCUT2D eigenvalue weighted by Gasteiger charge is -2.34. The van der Waals surface area contributed by atoms with Gasteiger partial charge >= 0.3 is 0 Å². The third kappa shape index (κ3) is 3.92. The van der Waals surface area contributed by atoms with Gasteiger partial charge in [0, 0.05) is 5.56 Å². The van der Waals surface area contributed by atoms with Gasteiger partial charge in [-0.3, -0.25) is 0 Å². The quantitative estimate of drug-likeness (QED) is 0.811. The number of hydrogen-bond acceptors (Lipinski definition) is 3. The zero-order chi connectivity index (χ0) is 14.4. The highest BCUT2D eigenvalue weighted by Crippen LogP contribution is 2.37. The SMILES string of the molecule is CCCNC1c2ccccc2OCC1SCC(C)CC. The van der Waals surface area contributed by atoms with Crippen LogP contribution in [-0.4, -0.2) is 24.2 Å². The van der Waals surface area contributed by atoms with Crippen LogP contribution in [0.3, 0.4) is 0 Å². The number of ether oxygens (including phenoxy) is 1. The molecule has 3 heteroatoms. The van der Waals surface area contributed by atoms with Gasteiger partial charge in [0.2, 0.25) is 0 Å². The number of nitrogens with one attached hydrogen (secondary N) is 1. The zero-order valence-electron chi connectivity index (χ0n) is 12.9. The van der Waals surface area contributed by atoms with Crippen molar-refractivity contribution in [3.05, 3.63) is 29.8 Å². The van der Waals surface area contributed by atoms with Crippen LogP contribution in [0.25, 0.3) is 0 Å². The Morgan fingerprint density at radius 2 is 2.15 bits per heavy atom. The van der Waals surface area contributed by atoms with Crippen molar-refractivity contribution < 1.29 is 4.74 Å². The van der Waals surface area contributed by atoms with Gasteiger partial charge in [-0.05, 0) is 30.7 Å². The fourth-order valence-electron chi connectivity index (χ4n) is 2.43.